The number of fused-ring (bicyclic) bond motifs is 1. The van der Waals surface area contributed by atoms with Crippen LogP contribution in [-0.2, 0) is 11.2 Å². The number of hydrogen-bond donors (Lipinski definition) is 1. The highest BCUT2D eigenvalue weighted by atomic mass is 35.5. The molecule has 0 saturated carbocycles. The molecule has 1 aliphatic carbocycles. The molecule has 0 aliphatic heterocycles. The lowest BCUT2D eigenvalue weighted by molar-refractivity contribution is -0.112. The van der Waals surface area contributed by atoms with Gasteiger partial charge in [-0.05, 0) is 36.6 Å². The summed E-state index contributed by atoms with van der Waals surface area (Å²) in [5.41, 5.74) is 2.37. The Bertz CT molecular complexity index is 1030. The number of alkyl halides is 2. The van der Waals surface area contributed by atoms with Gasteiger partial charge in [0.05, 0.1) is 19.8 Å². The maximum atomic E-state index is 12.7. The van der Waals surface area contributed by atoms with E-state index in [4.69, 9.17) is 32.7 Å². The molecule has 0 unspecified atom stereocenters. The lowest BCUT2D eigenvalue weighted by Gasteiger charge is -2.23. The summed E-state index contributed by atoms with van der Waals surface area (Å²) in [5.74, 6) is 0.0261. The van der Waals surface area contributed by atoms with Gasteiger partial charge < -0.3 is 19.5 Å². The second-order valence-electron chi connectivity index (χ2n) is 7.27. The van der Waals surface area contributed by atoms with Gasteiger partial charge in [-0.15, -0.1) is 23.2 Å². The van der Waals surface area contributed by atoms with Gasteiger partial charge in [-0.1, -0.05) is 12.1 Å². The van der Waals surface area contributed by atoms with E-state index in [1.54, 1.807) is 6.07 Å². The molecule has 0 aromatic heterocycles. The number of carbonyl (C=O) groups is 2. The van der Waals surface area contributed by atoms with Crippen LogP contribution in [0.25, 0.3) is 5.76 Å². The number of ether oxygens (including phenoxy) is 2. The minimum Gasteiger partial charge on any atom is -0.507 e. The molecule has 0 saturated heterocycles. The predicted octanol–water partition coefficient (Wildman–Crippen LogP) is 4.66. The number of methoxy groups -OCH3 is 2. The molecule has 32 heavy (non-hydrogen) atoms. The van der Waals surface area contributed by atoms with Crippen molar-refractivity contribution in [1.29, 1.82) is 0 Å². The van der Waals surface area contributed by atoms with Crippen molar-refractivity contribution in [3.05, 3.63) is 58.7 Å². The number of aryl methyl sites for hydroxylation is 1. The van der Waals surface area contributed by atoms with Gasteiger partial charge in [-0.3, -0.25) is 9.59 Å². The number of hydrogen-bond acceptors (Lipinski definition) is 6. The third-order valence-electron chi connectivity index (χ3n) is 5.45. The molecule has 8 heteroatoms. The first-order chi connectivity index (χ1) is 15.4. The van der Waals surface area contributed by atoms with E-state index >= 15 is 0 Å². The summed E-state index contributed by atoms with van der Waals surface area (Å²) < 4.78 is 10.5. The minimum absolute atomic E-state index is 0.0791. The summed E-state index contributed by atoms with van der Waals surface area (Å²) in [7, 11) is 2.88. The number of benzene rings is 2. The van der Waals surface area contributed by atoms with Crippen LogP contribution in [0.3, 0.4) is 0 Å². The van der Waals surface area contributed by atoms with Crippen LogP contribution in [0.1, 0.15) is 27.9 Å². The summed E-state index contributed by atoms with van der Waals surface area (Å²) in [6.07, 6.45) is 0.703. The van der Waals surface area contributed by atoms with Crippen LogP contribution < -0.4 is 14.4 Å². The van der Waals surface area contributed by atoms with Gasteiger partial charge in [0.15, 0.2) is 0 Å². The smallest absolute Gasteiger partial charge is 0.234 e. The van der Waals surface area contributed by atoms with Gasteiger partial charge in [0.25, 0.3) is 0 Å². The Morgan fingerprint density at radius 1 is 0.906 bits per heavy atom. The Morgan fingerprint density at radius 3 is 2.12 bits per heavy atom. The fourth-order valence-electron chi connectivity index (χ4n) is 3.76. The third kappa shape index (κ3) is 4.87. The number of nitrogens with zero attached hydrogens (tertiary/aromatic N) is 1. The van der Waals surface area contributed by atoms with Gasteiger partial charge in [0.2, 0.25) is 11.6 Å². The Kier molecular flexibility index (Phi) is 8.04. The number of allylic oxidation sites excluding steroid dienone is 1. The zero-order chi connectivity index (χ0) is 23.3. The number of carbonyl (C=O) groups excluding carboxylic acids is 2. The fourth-order valence-corrected chi connectivity index (χ4v) is 4.17. The van der Waals surface area contributed by atoms with Gasteiger partial charge in [-0.25, -0.2) is 0 Å². The zero-order valence-corrected chi connectivity index (χ0v) is 19.5. The molecule has 2 aromatic rings. The van der Waals surface area contributed by atoms with E-state index < -0.39 is 11.6 Å². The summed E-state index contributed by atoms with van der Waals surface area (Å²) in [6, 6.07) is 10.9. The summed E-state index contributed by atoms with van der Waals surface area (Å²) >= 11 is 11.7. The van der Waals surface area contributed by atoms with Crippen molar-refractivity contribution < 1.29 is 24.2 Å². The van der Waals surface area contributed by atoms with E-state index in [0.29, 0.717) is 37.0 Å². The lowest BCUT2D eigenvalue weighted by Crippen LogP contribution is -2.27. The molecular weight excluding hydrogens is 453 g/mol. The van der Waals surface area contributed by atoms with Crippen LogP contribution in [0.5, 0.6) is 11.5 Å². The Balaban J connectivity index is 1.85. The number of Topliss-reactive ketones (excluding diaryl/α,β-unsaturated/α-hetero) is 2. The molecule has 0 atom stereocenters. The normalized spacial score (nSPS) is 13.2. The monoisotopic (exact) mass is 477 g/mol. The van der Waals surface area contributed by atoms with E-state index in [1.165, 1.54) is 20.3 Å². The highest BCUT2D eigenvalue weighted by Crippen LogP contribution is 2.39. The summed E-state index contributed by atoms with van der Waals surface area (Å²) in [6.45, 7) is 1.38. The average molecular weight is 478 g/mol. The van der Waals surface area contributed by atoms with Crippen molar-refractivity contribution in [3.8, 4) is 11.5 Å². The average Bonchev–Trinajstić information content (AvgIpc) is 2.82. The standard InChI is InChI=1S/C24H25Cl2NO5/c1-31-17-13-19-21(20(14-17)32-2)22(28)18(23(29)24(19)30)8-5-15-3-6-16(7-4-15)27(11-9-25)12-10-26/h3-4,6-7,13-14,28H,5,8-12H2,1-2H3. The van der Waals surface area contributed by atoms with Crippen molar-refractivity contribution >= 4 is 46.2 Å². The molecule has 0 spiro atoms. The minimum atomic E-state index is -0.711. The van der Waals surface area contributed by atoms with Crippen molar-refractivity contribution in [2.24, 2.45) is 0 Å². The van der Waals surface area contributed by atoms with Gasteiger partial charge in [-0.2, -0.15) is 0 Å². The first-order valence-electron chi connectivity index (χ1n) is 10.2. The quantitative estimate of drug-likeness (QED) is 0.396. The largest absolute Gasteiger partial charge is 0.507 e. The highest BCUT2D eigenvalue weighted by Gasteiger charge is 2.35. The number of aliphatic hydroxyl groups excluding tert-OH is 1. The molecule has 6 nitrogen and oxygen atoms in total. The van der Waals surface area contributed by atoms with Crippen LogP contribution in [0.4, 0.5) is 5.69 Å². The first-order valence-corrected chi connectivity index (χ1v) is 11.2. The van der Waals surface area contributed by atoms with E-state index in [-0.39, 0.29) is 34.6 Å². The predicted molar refractivity (Wildman–Crippen MR) is 127 cm³/mol. The van der Waals surface area contributed by atoms with Gasteiger partial charge in [0, 0.05) is 47.7 Å². The molecule has 2 aromatic carbocycles. The number of ketones is 2. The molecule has 1 aliphatic rings. The Hall–Kier alpha value is -2.70. The molecule has 1 N–H and O–H groups in total. The Morgan fingerprint density at radius 2 is 1.56 bits per heavy atom. The molecule has 0 amide bonds. The second-order valence-corrected chi connectivity index (χ2v) is 8.03. The zero-order valence-electron chi connectivity index (χ0n) is 18.0. The number of anilines is 1. The third-order valence-corrected chi connectivity index (χ3v) is 5.79. The Labute approximate surface area is 197 Å². The second kappa shape index (κ2) is 10.7. The van der Waals surface area contributed by atoms with Crippen molar-refractivity contribution in [2.45, 2.75) is 12.8 Å². The topological polar surface area (TPSA) is 76.1 Å². The maximum Gasteiger partial charge on any atom is 0.234 e. The lowest BCUT2D eigenvalue weighted by atomic mass is 9.85. The summed E-state index contributed by atoms with van der Waals surface area (Å²) in [5, 5.41) is 10.9. The molecule has 0 bridgehead atoms. The summed E-state index contributed by atoms with van der Waals surface area (Å²) in [4.78, 5) is 27.6. The van der Waals surface area contributed by atoms with E-state index in [1.807, 2.05) is 24.3 Å². The molecular formula is C24H25Cl2NO5. The number of halogens is 2. The molecule has 3 rings (SSSR count). The van der Waals surface area contributed by atoms with Gasteiger partial charge >= 0.3 is 0 Å². The van der Waals surface area contributed by atoms with E-state index in [9.17, 15) is 14.7 Å². The van der Waals surface area contributed by atoms with Crippen molar-refractivity contribution in [3.63, 3.8) is 0 Å². The van der Waals surface area contributed by atoms with Crippen LogP contribution >= 0.6 is 23.2 Å². The molecule has 0 radical (unpaired) electrons. The highest BCUT2D eigenvalue weighted by molar-refractivity contribution is 6.52. The van der Waals surface area contributed by atoms with Crippen LogP contribution in [0, 0.1) is 0 Å². The molecule has 0 fully saturated rings. The maximum absolute atomic E-state index is 12.7. The van der Waals surface area contributed by atoms with Crippen LogP contribution in [-0.4, -0.2) is 55.7 Å². The van der Waals surface area contributed by atoms with Crippen LogP contribution in [0.2, 0.25) is 0 Å². The van der Waals surface area contributed by atoms with Gasteiger partial charge in [0.1, 0.15) is 17.3 Å². The number of rotatable bonds is 10. The number of aliphatic hydroxyl groups is 1. The van der Waals surface area contributed by atoms with E-state index in [0.717, 1.165) is 11.3 Å². The van der Waals surface area contributed by atoms with Crippen molar-refractivity contribution in [2.75, 3.05) is 44.0 Å². The first kappa shape index (κ1) is 24.0. The molecule has 0 heterocycles. The SMILES string of the molecule is COc1cc(OC)c2c(c1)C(=O)C(=O)C(CCc1ccc(N(CCCl)CCCl)cc1)=C2O. The van der Waals surface area contributed by atoms with Crippen LogP contribution in [0.15, 0.2) is 42.0 Å². The van der Waals surface area contributed by atoms with E-state index in [2.05, 4.69) is 4.90 Å². The van der Waals surface area contributed by atoms with Crippen molar-refractivity contribution in [1.82, 2.24) is 0 Å². The fraction of sp³-hybridized carbons (Fsp3) is 0.333. The molecule has 170 valence electrons.